The number of sulfonamides is 1. The third-order valence-corrected chi connectivity index (χ3v) is 8.12. The van der Waals surface area contributed by atoms with E-state index in [-0.39, 0.29) is 42.3 Å². The highest BCUT2D eigenvalue weighted by molar-refractivity contribution is 7.89. The summed E-state index contributed by atoms with van der Waals surface area (Å²) in [5.74, 6) is 0.00846. The summed E-state index contributed by atoms with van der Waals surface area (Å²) >= 11 is 0. The zero-order chi connectivity index (χ0) is 24.9. The number of likely N-dealkylation sites (N-methyl/N-ethyl adjacent to an activating group) is 1. The van der Waals surface area contributed by atoms with E-state index in [4.69, 9.17) is 4.74 Å². The van der Waals surface area contributed by atoms with E-state index < -0.39 is 22.2 Å². The van der Waals surface area contributed by atoms with E-state index in [2.05, 4.69) is 5.32 Å². The highest BCUT2D eigenvalue weighted by atomic mass is 32.2. The van der Waals surface area contributed by atoms with Gasteiger partial charge in [-0.1, -0.05) is 50.2 Å². The Labute approximate surface area is 202 Å². The van der Waals surface area contributed by atoms with Gasteiger partial charge >= 0.3 is 6.03 Å². The average molecular weight is 490 g/mol. The zero-order valence-corrected chi connectivity index (χ0v) is 21.1. The average Bonchev–Trinajstić information content (AvgIpc) is 2.84. The summed E-state index contributed by atoms with van der Waals surface area (Å²) in [4.78, 5) is 14.1. The van der Waals surface area contributed by atoms with Gasteiger partial charge in [0.2, 0.25) is 10.0 Å². The van der Waals surface area contributed by atoms with Crippen molar-refractivity contribution in [1.29, 1.82) is 0 Å². The van der Waals surface area contributed by atoms with Crippen LogP contribution >= 0.6 is 0 Å². The molecule has 2 aromatic rings. The van der Waals surface area contributed by atoms with E-state index in [9.17, 15) is 18.3 Å². The first-order chi connectivity index (χ1) is 16.2. The number of nitrogens with zero attached hydrogens (tertiary/aromatic N) is 2. The van der Waals surface area contributed by atoms with Crippen molar-refractivity contribution in [2.45, 2.75) is 44.2 Å². The van der Waals surface area contributed by atoms with Crippen LogP contribution in [0, 0.1) is 5.92 Å². The fraction of sp³-hybridized carbons (Fsp3) is 0.480. The Bertz CT molecular complexity index is 1080. The maximum Gasteiger partial charge on any atom is 0.317 e. The molecule has 0 aliphatic carbocycles. The molecule has 1 aliphatic rings. The van der Waals surface area contributed by atoms with Crippen LogP contribution in [0.3, 0.4) is 0 Å². The van der Waals surface area contributed by atoms with Crippen molar-refractivity contribution in [2.75, 3.05) is 33.3 Å². The number of benzene rings is 2. The summed E-state index contributed by atoms with van der Waals surface area (Å²) < 4.78 is 34.9. The van der Waals surface area contributed by atoms with Crippen LogP contribution < -0.4 is 10.1 Å². The molecule has 2 amide bonds. The van der Waals surface area contributed by atoms with E-state index in [0.717, 1.165) is 17.5 Å². The number of hydrogen-bond acceptors (Lipinski definition) is 5. The molecule has 3 atom stereocenters. The van der Waals surface area contributed by atoms with Gasteiger partial charge in [-0.25, -0.2) is 13.2 Å². The number of carbonyl (C=O) groups excluding carboxylic acids is 1. The van der Waals surface area contributed by atoms with Gasteiger partial charge in [-0.15, -0.1) is 0 Å². The summed E-state index contributed by atoms with van der Waals surface area (Å²) in [6.07, 6.45) is 0.378. The van der Waals surface area contributed by atoms with Crippen molar-refractivity contribution in [2.24, 2.45) is 5.92 Å². The second-order valence-corrected chi connectivity index (χ2v) is 10.7. The molecule has 9 heteroatoms. The number of aliphatic hydroxyl groups is 1. The molecular weight excluding hydrogens is 454 g/mol. The van der Waals surface area contributed by atoms with Gasteiger partial charge in [-0.3, -0.25) is 0 Å². The molecule has 0 spiro atoms. The summed E-state index contributed by atoms with van der Waals surface area (Å²) in [6.45, 7) is 6.30. The molecule has 0 bridgehead atoms. The van der Waals surface area contributed by atoms with Crippen LogP contribution in [0.2, 0.25) is 0 Å². The van der Waals surface area contributed by atoms with Crippen molar-refractivity contribution in [1.82, 2.24) is 14.5 Å². The first kappa shape index (κ1) is 26.0. The van der Waals surface area contributed by atoms with Gasteiger partial charge in [0, 0.05) is 32.1 Å². The predicted octanol–water partition coefficient (Wildman–Crippen LogP) is 3.17. The van der Waals surface area contributed by atoms with Gasteiger partial charge in [0.05, 0.1) is 13.2 Å². The van der Waals surface area contributed by atoms with Crippen molar-refractivity contribution in [3.63, 3.8) is 0 Å². The highest BCUT2D eigenvalue weighted by Gasteiger charge is 2.38. The van der Waals surface area contributed by atoms with Gasteiger partial charge in [0.1, 0.15) is 16.7 Å². The van der Waals surface area contributed by atoms with Crippen molar-refractivity contribution < 1.29 is 23.1 Å². The van der Waals surface area contributed by atoms with Gasteiger partial charge < -0.3 is 20.1 Å². The topological polar surface area (TPSA) is 99.2 Å². The number of rotatable bonds is 7. The molecule has 0 saturated heterocycles. The molecule has 34 heavy (non-hydrogen) atoms. The third kappa shape index (κ3) is 5.71. The van der Waals surface area contributed by atoms with Crippen LogP contribution in [0.15, 0.2) is 53.4 Å². The SMILES string of the molecule is CCCNC(=O)N(C)C[C@H]1Oc2cc(-c3ccccc3)ccc2S(=O)(=O)N([C@H](C)CO)C[C@@H]1C. The minimum Gasteiger partial charge on any atom is -0.487 e. The van der Waals surface area contributed by atoms with Crippen LogP contribution in [0.5, 0.6) is 5.75 Å². The van der Waals surface area contributed by atoms with Crippen LogP contribution in [-0.4, -0.2) is 74.2 Å². The first-order valence-electron chi connectivity index (χ1n) is 11.7. The quantitative estimate of drug-likeness (QED) is 0.622. The summed E-state index contributed by atoms with van der Waals surface area (Å²) in [6, 6.07) is 13.9. The molecule has 2 aromatic carbocycles. The standard InChI is InChI=1S/C25H35N3O5S/c1-5-13-26-25(30)27(4)16-23-18(2)15-28(19(3)17-29)34(31,32)24-12-11-21(14-22(24)33-23)20-9-7-6-8-10-20/h6-12,14,18-19,23,29H,5,13,15-17H2,1-4H3,(H,26,30)/t18-,19+,23+/m0/s1. The number of carbonyl (C=O) groups is 1. The minimum absolute atomic E-state index is 0.0578. The molecular formula is C25H35N3O5S. The van der Waals surface area contributed by atoms with E-state index in [1.54, 1.807) is 37.1 Å². The van der Waals surface area contributed by atoms with Crippen molar-refractivity contribution >= 4 is 16.1 Å². The van der Waals surface area contributed by atoms with Gasteiger partial charge in [0.25, 0.3) is 0 Å². The number of nitrogens with one attached hydrogen (secondary N) is 1. The van der Waals surface area contributed by atoms with E-state index >= 15 is 0 Å². The molecule has 3 rings (SSSR count). The molecule has 8 nitrogen and oxygen atoms in total. The normalized spacial score (nSPS) is 20.9. The Kier molecular flexibility index (Phi) is 8.57. The van der Waals surface area contributed by atoms with Crippen molar-refractivity contribution in [3.05, 3.63) is 48.5 Å². The first-order valence-corrected chi connectivity index (χ1v) is 13.1. The molecule has 0 saturated carbocycles. The van der Waals surface area contributed by atoms with E-state index in [1.165, 1.54) is 4.31 Å². The Hall–Kier alpha value is -2.62. The minimum atomic E-state index is -3.91. The number of aliphatic hydroxyl groups excluding tert-OH is 1. The summed E-state index contributed by atoms with van der Waals surface area (Å²) in [5, 5.41) is 12.6. The lowest BCUT2D eigenvalue weighted by molar-refractivity contribution is 0.0813. The Balaban J connectivity index is 2.04. The maximum atomic E-state index is 13.6. The van der Waals surface area contributed by atoms with Crippen molar-refractivity contribution in [3.8, 4) is 16.9 Å². The number of amides is 2. The number of hydrogen-bond donors (Lipinski definition) is 2. The smallest absolute Gasteiger partial charge is 0.317 e. The zero-order valence-electron chi connectivity index (χ0n) is 20.3. The molecule has 0 unspecified atom stereocenters. The Morgan fingerprint density at radius 1 is 1.24 bits per heavy atom. The monoisotopic (exact) mass is 489 g/mol. The second kappa shape index (κ2) is 11.2. The summed E-state index contributed by atoms with van der Waals surface area (Å²) in [5.41, 5.74) is 1.77. The summed E-state index contributed by atoms with van der Waals surface area (Å²) in [7, 11) is -2.21. The van der Waals surface area contributed by atoms with Crippen LogP contribution in [0.4, 0.5) is 4.79 Å². The lowest BCUT2D eigenvalue weighted by Crippen LogP contribution is -2.51. The van der Waals surface area contributed by atoms with Crippen LogP contribution in [0.1, 0.15) is 27.2 Å². The molecule has 0 radical (unpaired) electrons. The molecule has 1 heterocycles. The molecule has 0 aromatic heterocycles. The fourth-order valence-electron chi connectivity index (χ4n) is 3.97. The number of fused-ring (bicyclic) bond motifs is 1. The Morgan fingerprint density at radius 2 is 1.94 bits per heavy atom. The van der Waals surface area contributed by atoms with Crippen LogP contribution in [0.25, 0.3) is 11.1 Å². The lowest BCUT2D eigenvalue weighted by Gasteiger charge is -2.37. The van der Waals surface area contributed by atoms with Gasteiger partial charge in [-0.05, 0) is 36.6 Å². The maximum absolute atomic E-state index is 13.6. The van der Waals surface area contributed by atoms with E-state index in [1.807, 2.05) is 44.2 Å². The fourth-order valence-corrected chi connectivity index (χ4v) is 5.80. The second-order valence-electron chi connectivity index (χ2n) is 8.88. The third-order valence-electron chi connectivity index (χ3n) is 6.10. The van der Waals surface area contributed by atoms with Crippen LogP contribution in [-0.2, 0) is 10.0 Å². The van der Waals surface area contributed by atoms with E-state index in [0.29, 0.717) is 6.54 Å². The molecule has 1 aliphatic heterocycles. The number of ether oxygens (including phenoxy) is 1. The largest absolute Gasteiger partial charge is 0.487 e. The van der Waals surface area contributed by atoms with Gasteiger partial charge in [-0.2, -0.15) is 4.31 Å². The molecule has 0 fully saturated rings. The molecule has 186 valence electrons. The predicted molar refractivity (Wildman–Crippen MR) is 132 cm³/mol. The highest BCUT2D eigenvalue weighted by Crippen LogP contribution is 2.36. The number of urea groups is 1. The molecule has 2 N–H and O–H groups in total. The Morgan fingerprint density at radius 3 is 2.59 bits per heavy atom. The lowest BCUT2D eigenvalue weighted by atomic mass is 10.0. The van der Waals surface area contributed by atoms with Gasteiger partial charge in [0.15, 0.2) is 0 Å².